The second-order valence-electron chi connectivity index (χ2n) is 7.04. The zero-order chi connectivity index (χ0) is 16.1. The third-order valence-corrected chi connectivity index (χ3v) is 5.40. The number of piperidine rings is 1. The number of nitrogens with one attached hydrogen (secondary N) is 1. The third-order valence-electron chi connectivity index (χ3n) is 5.15. The minimum Gasteiger partial charge on any atom is -0.353 e. The summed E-state index contributed by atoms with van der Waals surface area (Å²) < 4.78 is 0. The van der Waals surface area contributed by atoms with Crippen LogP contribution < -0.4 is 5.32 Å². The summed E-state index contributed by atoms with van der Waals surface area (Å²) >= 11 is 5.95. The number of likely N-dealkylation sites (tertiary alicyclic amines) is 1. The Labute approximate surface area is 144 Å². The van der Waals surface area contributed by atoms with E-state index >= 15 is 0 Å². The van der Waals surface area contributed by atoms with Crippen LogP contribution in [-0.4, -0.2) is 29.9 Å². The molecule has 0 radical (unpaired) electrons. The Hall–Kier alpha value is -1.06. The summed E-state index contributed by atoms with van der Waals surface area (Å²) in [6.07, 6.45) is 8.30. The first-order valence-electron chi connectivity index (χ1n) is 8.98. The highest BCUT2D eigenvalue weighted by Crippen LogP contribution is 2.22. The molecule has 1 aromatic carbocycles. The van der Waals surface area contributed by atoms with Gasteiger partial charge in [-0.25, -0.2) is 0 Å². The number of hydrogen-bond donors (Lipinski definition) is 1. The van der Waals surface area contributed by atoms with Crippen molar-refractivity contribution in [2.24, 2.45) is 5.92 Å². The molecule has 126 valence electrons. The maximum Gasteiger partial charge on any atom is 0.224 e. The summed E-state index contributed by atoms with van der Waals surface area (Å²) in [4.78, 5) is 15.0. The topological polar surface area (TPSA) is 32.3 Å². The Kier molecular flexibility index (Phi) is 5.96. The molecule has 2 fully saturated rings. The van der Waals surface area contributed by atoms with E-state index in [2.05, 4.69) is 22.3 Å². The lowest BCUT2D eigenvalue weighted by atomic mass is 9.93. The fourth-order valence-electron chi connectivity index (χ4n) is 3.83. The average Bonchev–Trinajstić information content (AvgIpc) is 2.58. The van der Waals surface area contributed by atoms with E-state index in [0.717, 1.165) is 50.3 Å². The minimum atomic E-state index is 0.151. The van der Waals surface area contributed by atoms with Crippen LogP contribution in [0.3, 0.4) is 0 Å². The van der Waals surface area contributed by atoms with Crippen molar-refractivity contribution in [2.75, 3.05) is 13.1 Å². The number of nitrogens with zero attached hydrogens (tertiary/aromatic N) is 1. The molecule has 1 aromatic rings. The van der Waals surface area contributed by atoms with Crippen molar-refractivity contribution in [3.8, 4) is 0 Å². The molecule has 1 amide bonds. The Morgan fingerprint density at radius 1 is 1.09 bits per heavy atom. The fourth-order valence-corrected chi connectivity index (χ4v) is 3.95. The van der Waals surface area contributed by atoms with Crippen molar-refractivity contribution < 1.29 is 4.79 Å². The molecule has 0 aromatic heterocycles. The van der Waals surface area contributed by atoms with Crippen molar-refractivity contribution in [3.05, 3.63) is 34.9 Å². The van der Waals surface area contributed by atoms with Gasteiger partial charge in [0.2, 0.25) is 5.91 Å². The van der Waals surface area contributed by atoms with Crippen LogP contribution in [0.15, 0.2) is 24.3 Å². The van der Waals surface area contributed by atoms with Gasteiger partial charge in [-0.05, 0) is 49.9 Å². The van der Waals surface area contributed by atoms with Gasteiger partial charge in [0.1, 0.15) is 0 Å². The van der Waals surface area contributed by atoms with Gasteiger partial charge in [-0.1, -0.05) is 43.0 Å². The lowest BCUT2D eigenvalue weighted by Gasteiger charge is -2.33. The molecular weight excluding hydrogens is 308 g/mol. The van der Waals surface area contributed by atoms with E-state index in [-0.39, 0.29) is 11.8 Å². The van der Waals surface area contributed by atoms with Gasteiger partial charge < -0.3 is 5.32 Å². The number of benzene rings is 1. The zero-order valence-electron chi connectivity index (χ0n) is 13.8. The maximum atomic E-state index is 12.6. The normalized spacial score (nSPS) is 23.6. The Morgan fingerprint density at radius 3 is 2.57 bits per heavy atom. The molecule has 4 heteroatoms. The standard InChI is InChI=1S/C19H27ClN2O/c20-17-10-8-15(9-11-17)13-22-12-4-5-16(14-22)19(23)21-18-6-2-1-3-7-18/h8-11,16,18H,1-7,12-14H2,(H,21,23)/t16-/m1/s1. The molecule has 1 aliphatic heterocycles. The first-order valence-corrected chi connectivity index (χ1v) is 9.36. The van der Waals surface area contributed by atoms with Crippen LogP contribution in [0.5, 0.6) is 0 Å². The molecule has 2 aliphatic rings. The van der Waals surface area contributed by atoms with Crippen LogP contribution in [0.25, 0.3) is 0 Å². The Morgan fingerprint density at radius 2 is 1.83 bits per heavy atom. The molecule has 3 nitrogen and oxygen atoms in total. The molecule has 1 heterocycles. The van der Waals surface area contributed by atoms with Crippen LogP contribution in [-0.2, 0) is 11.3 Å². The van der Waals surface area contributed by atoms with Gasteiger partial charge in [0.05, 0.1) is 5.92 Å². The molecule has 0 spiro atoms. The smallest absolute Gasteiger partial charge is 0.224 e. The number of amides is 1. The van der Waals surface area contributed by atoms with E-state index in [1.165, 1.54) is 24.8 Å². The van der Waals surface area contributed by atoms with Crippen molar-refractivity contribution >= 4 is 17.5 Å². The molecule has 1 N–H and O–H groups in total. The highest BCUT2D eigenvalue weighted by Gasteiger charge is 2.27. The summed E-state index contributed by atoms with van der Waals surface area (Å²) in [6, 6.07) is 8.45. The van der Waals surface area contributed by atoms with Gasteiger partial charge in [-0.3, -0.25) is 9.69 Å². The number of carbonyl (C=O) groups excluding carboxylic acids is 1. The van der Waals surface area contributed by atoms with Crippen molar-refractivity contribution in [3.63, 3.8) is 0 Å². The van der Waals surface area contributed by atoms with E-state index in [1.807, 2.05) is 12.1 Å². The molecule has 23 heavy (non-hydrogen) atoms. The van der Waals surface area contributed by atoms with Gasteiger partial charge in [-0.2, -0.15) is 0 Å². The molecule has 3 rings (SSSR count). The van der Waals surface area contributed by atoms with Gasteiger partial charge in [0.25, 0.3) is 0 Å². The van der Waals surface area contributed by atoms with Gasteiger partial charge in [0.15, 0.2) is 0 Å². The largest absolute Gasteiger partial charge is 0.353 e. The van der Waals surface area contributed by atoms with E-state index in [9.17, 15) is 4.79 Å². The van der Waals surface area contributed by atoms with Crippen LogP contribution in [0.2, 0.25) is 5.02 Å². The maximum absolute atomic E-state index is 12.6. The Balaban J connectivity index is 1.50. The van der Waals surface area contributed by atoms with E-state index in [4.69, 9.17) is 11.6 Å². The average molecular weight is 335 g/mol. The van der Waals surface area contributed by atoms with Crippen LogP contribution >= 0.6 is 11.6 Å². The van der Waals surface area contributed by atoms with E-state index in [0.29, 0.717) is 6.04 Å². The minimum absolute atomic E-state index is 0.151. The van der Waals surface area contributed by atoms with Crippen molar-refractivity contribution in [1.82, 2.24) is 10.2 Å². The summed E-state index contributed by atoms with van der Waals surface area (Å²) in [7, 11) is 0. The lowest BCUT2D eigenvalue weighted by Crippen LogP contribution is -2.46. The summed E-state index contributed by atoms with van der Waals surface area (Å²) in [5.74, 6) is 0.427. The van der Waals surface area contributed by atoms with Crippen LogP contribution in [0.1, 0.15) is 50.5 Å². The van der Waals surface area contributed by atoms with Gasteiger partial charge in [0, 0.05) is 24.2 Å². The summed E-state index contributed by atoms with van der Waals surface area (Å²) in [5, 5.41) is 4.07. The molecular formula is C19H27ClN2O. The first-order chi connectivity index (χ1) is 11.2. The van der Waals surface area contributed by atoms with Gasteiger partial charge >= 0.3 is 0 Å². The number of hydrogen-bond acceptors (Lipinski definition) is 2. The van der Waals surface area contributed by atoms with Crippen LogP contribution in [0.4, 0.5) is 0 Å². The molecule has 1 saturated carbocycles. The predicted molar refractivity (Wildman–Crippen MR) is 94.5 cm³/mol. The van der Waals surface area contributed by atoms with Crippen molar-refractivity contribution in [2.45, 2.75) is 57.5 Å². The SMILES string of the molecule is O=C(NC1CCCCC1)[C@@H]1CCCN(Cc2ccc(Cl)cc2)C1. The van der Waals surface area contributed by atoms with Crippen molar-refractivity contribution in [1.29, 1.82) is 0 Å². The number of rotatable bonds is 4. The molecule has 0 bridgehead atoms. The number of halogens is 1. The number of carbonyl (C=O) groups is 1. The first kappa shape index (κ1) is 16.8. The summed E-state index contributed by atoms with van der Waals surface area (Å²) in [5.41, 5.74) is 1.27. The second-order valence-corrected chi connectivity index (χ2v) is 7.48. The second kappa shape index (κ2) is 8.16. The van der Waals surface area contributed by atoms with E-state index in [1.54, 1.807) is 0 Å². The Bertz CT molecular complexity index is 511. The molecule has 1 atom stereocenters. The van der Waals surface area contributed by atoms with E-state index < -0.39 is 0 Å². The lowest BCUT2D eigenvalue weighted by molar-refractivity contribution is -0.127. The third kappa shape index (κ3) is 4.95. The monoisotopic (exact) mass is 334 g/mol. The highest BCUT2D eigenvalue weighted by molar-refractivity contribution is 6.30. The molecule has 1 aliphatic carbocycles. The van der Waals surface area contributed by atoms with Crippen LogP contribution in [0, 0.1) is 5.92 Å². The van der Waals surface area contributed by atoms with Gasteiger partial charge in [-0.15, -0.1) is 0 Å². The molecule has 1 saturated heterocycles. The fraction of sp³-hybridized carbons (Fsp3) is 0.632. The zero-order valence-corrected chi connectivity index (χ0v) is 14.5. The highest BCUT2D eigenvalue weighted by atomic mass is 35.5. The predicted octanol–water partition coefficient (Wildman–Crippen LogP) is 4.00. The quantitative estimate of drug-likeness (QED) is 0.902. The summed E-state index contributed by atoms with van der Waals surface area (Å²) in [6.45, 7) is 2.86. The molecule has 0 unspecified atom stereocenters.